The Bertz CT molecular complexity index is 887. The maximum atomic E-state index is 12.6. The lowest BCUT2D eigenvalue weighted by molar-refractivity contribution is -0.180. The fourth-order valence-corrected chi connectivity index (χ4v) is 8.70. The largest absolute Gasteiger partial charge is 0.466 e. The highest BCUT2D eigenvalue weighted by molar-refractivity contribution is 5.70. The molecule has 0 saturated carbocycles. The molecule has 350 valence electrons. The number of hydrogen-bond acceptors (Lipinski definition) is 8. The molecule has 0 aromatic heterocycles. The van der Waals surface area contributed by atoms with Crippen LogP contribution in [0.2, 0.25) is 0 Å². The minimum Gasteiger partial charge on any atom is -0.466 e. The summed E-state index contributed by atoms with van der Waals surface area (Å²) in [5, 5.41) is 0. The lowest BCUT2D eigenvalue weighted by Gasteiger charge is -2.29. The number of carbonyl (C=O) groups is 2. The van der Waals surface area contributed by atoms with E-state index in [1.54, 1.807) is 0 Å². The van der Waals surface area contributed by atoms with E-state index in [0.29, 0.717) is 44.5 Å². The Labute approximate surface area is 366 Å². The van der Waals surface area contributed by atoms with E-state index in [2.05, 4.69) is 58.6 Å². The molecule has 0 N–H and O–H groups in total. The van der Waals surface area contributed by atoms with Crippen molar-refractivity contribution in [2.45, 2.75) is 245 Å². The summed E-state index contributed by atoms with van der Waals surface area (Å²) in [6.07, 6.45) is 36.3. The van der Waals surface area contributed by atoms with Crippen LogP contribution >= 0.6 is 0 Å². The van der Waals surface area contributed by atoms with E-state index in [1.165, 1.54) is 141 Å². The molecule has 1 rings (SSSR count). The number of carbonyl (C=O) groups excluding carboxylic acids is 2. The predicted molar refractivity (Wildman–Crippen MR) is 249 cm³/mol. The molecule has 0 bridgehead atoms. The number of ether oxygens (including phenoxy) is 4. The van der Waals surface area contributed by atoms with Crippen LogP contribution < -0.4 is 0 Å². The summed E-state index contributed by atoms with van der Waals surface area (Å²) in [6, 6.07) is 0. The Morgan fingerprint density at radius 1 is 0.542 bits per heavy atom. The zero-order valence-electron chi connectivity index (χ0n) is 40.4. The molecule has 1 aliphatic rings. The first-order chi connectivity index (χ1) is 28.7. The number of likely N-dealkylation sites (N-methyl/N-ethyl adjacent to an activating group) is 2. The Morgan fingerprint density at radius 3 is 1.32 bits per heavy atom. The molecule has 1 atom stereocenters. The van der Waals surface area contributed by atoms with E-state index in [-0.39, 0.29) is 18.0 Å². The maximum Gasteiger partial charge on any atom is 0.306 e. The van der Waals surface area contributed by atoms with Gasteiger partial charge in [0.2, 0.25) is 0 Å². The van der Waals surface area contributed by atoms with Crippen LogP contribution in [0, 0.1) is 11.8 Å². The molecule has 0 spiro atoms. The van der Waals surface area contributed by atoms with Gasteiger partial charge in [0.05, 0.1) is 25.9 Å². The number of hydrogen-bond donors (Lipinski definition) is 0. The zero-order chi connectivity index (χ0) is 43.2. The lowest BCUT2D eigenvalue weighted by Crippen LogP contribution is -2.37. The van der Waals surface area contributed by atoms with Gasteiger partial charge in [0.25, 0.3) is 0 Å². The van der Waals surface area contributed by atoms with Gasteiger partial charge in [-0.2, -0.15) is 0 Å². The minimum absolute atomic E-state index is 0.0134. The molecule has 1 fully saturated rings. The van der Waals surface area contributed by atoms with Gasteiger partial charge < -0.3 is 28.7 Å². The van der Waals surface area contributed by atoms with Gasteiger partial charge in [0, 0.05) is 45.3 Å². The second-order valence-corrected chi connectivity index (χ2v) is 18.8. The summed E-state index contributed by atoms with van der Waals surface area (Å²) in [7, 11) is 6.44. The van der Waals surface area contributed by atoms with Crippen LogP contribution in [0.3, 0.4) is 0 Å². The fraction of sp³-hybridized carbons (Fsp3) is 0.961. The Kier molecular flexibility index (Phi) is 36.4. The smallest absolute Gasteiger partial charge is 0.306 e. The van der Waals surface area contributed by atoms with E-state index < -0.39 is 5.79 Å². The summed E-state index contributed by atoms with van der Waals surface area (Å²) in [4.78, 5) is 29.8. The van der Waals surface area contributed by atoms with E-state index in [1.807, 2.05) is 0 Å². The van der Waals surface area contributed by atoms with Gasteiger partial charge in [-0.1, -0.05) is 156 Å². The third-order valence-corrected chi connectivity index (χ3v) is 12.6. The van der Waals surface area contributed by atoms with Gasteiger partial charge in [-0.25, -0.2) is 0 Å². The highest BCUT2D eigenvalue weighted by Gasteiger charge is 2.40. The summed E-state index contributed by atoms with van der Waals surface area (Å²) in [5.74, 6) is 0.561. The minimum atomic E-state index is -0.453. The molecule has 8 nitrogen and oxygen atoms in total. The van der Waals surface area contributed by atoms with Crippen LogP contribution in [0.4, 0.5) is 0 Å². The molecular weight excluding hydrogens is 737 g/mol. The molecule has 0 aromatic rings. The first-order valence-electron chi connectivity index (χ1n) is 25.6. The Hall–Kier alpha value is -1.22. The summed E-state index contributed by atoms with van der Waals surface area (Å²) in [5.41, 5.74) is 0. The summed E-state index contributed by atoms with van der Waals surface area (Å²) in [6.45, 7) is 13.8. The maximum absolute atomic E-state index is 12.6. The first kappa shape index (κ1) is 55.8. The topological polar surface area (TPSA) is 77.5 Å². The van der Waals surface area contributed by atoms with Crippen LogP contribution in [-0.2, 0) is 28.5 Å². The van der Waals surface area contributed by atoms with Gasteiger partial charge in [-0.05, 0) is 84.3 Å². The standard InChI is InChI=1S/C51H100N2O6/c1-8-12-24-32-46(33-25-13-9-2)42-49(54)56-40-30-22-18-16-20-28-36-51(58-45-48(59-51)44-53(7)39-38-52(5)6)37-29-21-17-19-23-31-41-57-50(55)43-47(34-26-14-10-3)35-27-15-11-4/h46-48H,8-45H2,1-7H3. The predicted octanol–water partition coefficient (Wildman–Crippen LogP) is 13.5. The average molecular weight is 837 g/mol. The number of nitrogens with zero attached hydrogens (tertiary/aromatic N) is 2. The van der Waals surface area contributed by atoms with E-state index in [0.717, 1.165) is 71.0 Å². The van der Waals surface area contributed by atoms with Gasteiger partial charge in [-0.15, -0.1) is 0 Å². The van der Waals surface area contributed by atoms with Crippen LogP contribution in [0.1, 0.15) is 233 Å². The molecule has 0 radical (unpaired) electrons. The van der Waals surface area contributed by atoms with Crippen LogP contribution in [0.15, 0.2) is 0 Å². The highest BCUT2D eigenvalue weighted by Crippen LogP contribution is 2.35. The second kappa shape index (κ2) is 38.5. The Morgan fingerprint density at radius 2 is 0.932 bits per heavy atom. The van der Waals surface area contributed by atoms with E-state index >= 15 is 0 Å². The van der Waals surface area contributed by atoms with Crippen molar-refractivity contribution in [1.29, 1.82) is 0 Å². The van der Waals surface area contributed by atoms with Crippen molar-refractivity contribution < 1.29 is 28.5 Å². The van der Waals surface area contributed by atoms with Crippen molar-refractivity contribution in [2.75, 3.05) is 60.6 Å². The van der Waals surface area contributed by atoms with Crippen molar-refractivity contribution in [3.8, 4) is 0 Å². The van der Waals surface area contributed by atoms with Crippen LogP contribution in [0.25, 0.3) is 0 Å². The summed E-state index contributed by atoms with van der Waals surface area (Å²) < 4.78 is 24.7. The molecule has 0 aliphatic carbocycles. The molecule has 1 heterocycles. The number of esters is 2. The lowest BCUT2D eigenvalue weighted by atomic mass is 9.92. The molecule has 1 saturated heterocycles. The van der Waals surface area contributed by atoms with Crippen LogP contribution in [-0.4, -0.2) is 94.2 Å². The van der Waals surface area contributed by atoms with Crippen molar-refractivity contribution in [1.82, 2.24) is 9.80 Å². The van der Waals surface area contributed by atoms with E-state index in [4.69, 9.17) is 18.9 Å². The highest BCUT2D eigenvalue weighted by atomic mass is 16.7. The fourth-order valence-electron chi connectivity index (χ4n) is 8.70. The third kappa shape index (κ3) is 32.2. The van der Waals surface area contributed by atoms with Crippen molar-refractivity contribution in [3.63, 3.8) is 0 Å². The van der Waals surface area contributed by atoms with E-state index in [9.17, 15) is 9.59 Å². The third-order valence-electron chi connectivity index (χ3n) is 12.6. The monoisotopic (exact) mass is 837 g/mol. The van der Waals surface area contributed by atoms with Gasteiger partial charge >= 0.3 is 11.9 Å². The average Bonchev–Trinajstić information content (AvgIpc) is 3.60. The van der Waals surface area contributed by atoms with Crippen molar-refractivity contribution in [3.05, 3.63) is 0 Å². The van der Waals surface area contributed by atoms with Crippen molar-refractivity contribution >= 4 is 11.9 Å². The van der Waals surface area contributed by atoms with Gasteiger partial charge in [0.15, 0.2) is 5.79 Å². The van der Waals surface area contributed by atoms with Crippen LogP contribution in [0.5, 0.6) is 0 Å². The van der Waals surface area contributed by atoms with Gasteiger partial charge in [-0.3, -0.25) is 9.59 Å². The number of unbranched alkanes of at least 4 members (excludes halogenated alkanes) is 18. The molecule has 0 amide bonds. The molecular formula is C51H100N2O6. The SMILES string of the molecule is CCCCCC(CCCCC)CC(=O)OCCCCCCCCC1(CCCCCCCCOC(=O)CC(CCCCC)CCCCC)OCC(CN(C)CCN(C)C)O1. The molecule has 1 unspecified atom stereocenters. The molecule has 1 aliphatic heterocycles. The molecule has 8 heteroatoms. The quantitative estimate of drug-likeness (QED) is 0.0444. The van der Waals surface area contributed by atoms with Crippen molar-refractivity contribution in [2.24, 2.45) is 11.8 Å². The zero-order valence-corrected chi connectivity index (χ0v) is 40.4. The molecule has 59 heavy (non-hydrogen) atoms. The number of rotatable bonds is 43. The first-order valence-corrected chi connectivity index (χ1v) is 25.6. The second-order valence-electron chi connectivity index (χ2n) is 18.8. The summed E-state index contributed by atoms with van der Waals surface area (Å²) >= 11 is 0. The Balaban J connectivity index is 2.38. The van der Waals surface area contributed by atoms with Gasteiger partial charge in [0.1, 0.15) is 0 Å². The molecule has 0 aromatic carbocycles. The normalized spacial score (nSPS) is 15.3.